The molecule has 3 aromatic rings. The molecule has 1 N–H and O–H groups in total. The molecule has 22 heavy (non-hydrogen) atoms. The molecule has 0 spiro atoms. The van der Waals surface area contributed by atoms with E-state index in [1.165, 1.54) is 12.8 Å². The van der Waals surface area contributed by atoms with Crippen molar-refractivity contribution in [1.29, 1.82) is 0 Å². The number of pyridine rings is 1. The topological polar surface area (TPSA) is 68.0 Å². The Balaban J connectivity index is 1.85. The Bertz CT molecular complexity index is 804. The quantitative estimate of drug-likeness (QED) is 0.801. The van der Waals surface area contributed by atoms with Crippen molar-refractivity contribution in [3.05, 3.63) is 36.3 Å². The molecule has 0 aliphatic heterocycles. The van der Waals surface area contributed by atoms with E-state index < -0.39 is 0 Å². The Morgan fingerprint density at radius 1 is 1.27 bits per heavy atom. The van der Waals surface area contributed by atoms with Crippen molar-refractivity contribution in [2.24, 2.45) is 0 Å². The summed E-state index contributed by atoms with van der Waals surface area (Å²) >= 11 is 0. The number of hydrogen-bond donors (Lipinski definition) is 1. The Kier molecular flexibility index (Phi) is 3.03. The van der Waals surface area contributed by atoms with E-state index in [0.717, 1.165) is 17.1 Å². The fourth-order valence-electron chi connectivity index (χ4n) is 2.34. The molecule has 4 rings (SSSR count). The molecule has 1 saturated carbocycles. The van der Waals surface area contributed by atoms with Gasteiger partial charge in [-0.25, -0.2) is 4.98 Å². The van der Waals surface area contributed by atoms with Crippen molar-refractivity contribution < 1.29 is 0 Å². The maximum Gasteiger partial charge on any atom is 0.254 e. The van der Waals surface area contributed by atoms with Gasteiger partial charge in [0, 0.05) is 30.1 Å². The molecule has 6 nitrogen and oxygen atoms in total. The summed E-state index contributed by atoms with van der Waals surface area (Å²) < 4.78 is 1.80. The van der Waals surface area contributed by atoms with Crippen LogP contribution in [0.4, 0.5) is 5.82 Å². The largest absolute Gasteiger partial charge is 0.367 e. The number of nitrogens with zero attached hydrogens (tertiary/aromatic N) is 5. The highest BCUT2D eigenvalue weighted by Gasteiger charge is 2.23. The molecule has 0 radical (unpaired) electrons. The maximum absolute atomic E-state index is 4.64. The predicted octanol–water partition coefficient (Wildman–Crippen LogP) is 2.88. The van der Waals surface area contributed by atoms with E-state index in [0.29, 0.717) is 23.6 Å². The van der Waals surface area contributed by atoms with Crippen LogP contribution in [0.3, 0.4) is 0 Å². The first-order chi connectivity index (χ1) is 10.7. The van der Waals surface area contributed by atoms with Crippen LogP contribution in [0.1, 0.15) is 38.3 Å². The van der Waals surface area contributed by atoms with Crippen LogP contribution in [-0.2, 0) is 0 Å². The fourth-order valence-corrected chi connectivity index (χ4v) is 2.34. The molecule has 112 valence electrons. The number of nitrogens with one attached hydrogen (secondary N) is 1. The molecule has 3 heterocycles. The minimum atomic E-state index is 0.350. The molecule has 0 atom stereocenters. The van der Waals surface area contributed by atoms with E-state index in [-0.39, 0.29) is 0 Å². The van der Waals surface area contributed by atoms with Crippen LogP contribution in [0, 0.1) is 0 Å². The summed E-state index contributed by atoms with van der Waals surface area (Å²) in [5, 5.41) is 8.13. The molecule has 0 aromatic carbocycles. The standard InChI is InChI=1S/C16H18N6/c1-10(2)13-8-14(18-12-5-6-12)22-16(19-13)20-15(21-22)11-4-3-7-17-9-11/h3-4,7-10,12,18H,5-6H2,1-2H3. The smallest absolute Gasteiger partial charge is 0.254 e. The summed E-state index contributed by atoms with van der Waals surface area (Å²) in [7, 11) is 0. The molecule has 1 aliphatic rings. The first-order valence-electron chi connectivity index (χ1n) is 7.65. The molecular weight excluding hydrogens is 276 g/mol. The first kappa shape index (κ1) is 13.2. The number of aromatic nitrogens is 5. The third-order valence-corrected chi connectivity index (χ3v) is 3.77. The van der Waals surface area contributed by atoms with Gasteiger partial charge in [-0.05, 0) is 30.9 Å². The van der Waals surface area contributed by atoms with Crippen molar-refractivity contribution in [2.45, 2.75) is 38.6 Å². The van der Waals surface area contributed by atoms with Gasteiger partial charge in [-0.1, -0.05) is 13.8 Å². The second-order valence-electron chi connectivity index (χ2n) is 6.03. The first-order valence-corrected chi connectivity index (χ1v) is 7.65. The van der Waals surface area contributed by atoms with Gasteiger partial charge in [0.25, 0.3) is 5.78 Å². The summed E-state index contributed by atoms with van der Waals surface area (Å²) in [6.07, 6.45) is 5.94. The molecular formula is C16H18N6. The summed E-state index contributed by atoms with van der Waals surface area (Å²) in [5.74, 6) is 2.61. The zero-order valence-electron chi connectivity index (χ0n) is 12.7. The lowest BCUT2D eigenvalue weighted by molar-refractivity contribution is 0.806. The average Bonchev–Trinajstić information content (AvgIpc) is 3.23. The molecule has 0 bridgehead atoms. The fraction of sp³-hybridized carbons (Fsp3) is 0.375. The highest BCUT2D eigenvalue weighted by Crippen LogP contribution is 2.27. The zero-order chi connectivity index (χ0) is 15.1. The van der Waals surface area contributed by atoms with Crippen molar-refractivity contribution >= 4 is 11.6 Å². The van der Waals surface area contributed by atoms with Gasteiger partial charge in [0.1, 0.15) is 5.82 Å². The number of hydrogen-bond acceptors (Lipinski definition) is 5. The van der Waals surface area contributed by atoms with E-state index in [9.17, 15) is 0 Å². The van der Waals surface area contributed by atoms with E-state index in [1.54, 1.807) is 16.9 Å². The second kappa shape index (κ2) is 5.05. The highest BCUT2D eigenvalue weighted by molar-refractivity contribution is 5.57. The zero-order valence-corrected chi connectivity index (χ0v) is 12.7. The lowest BCUT2D eigenvalue weighted by atomic mass is 10.1. The Morgan fingerprint density at radius 3 is 2.82 bits per heavy atom. The van der Waals surface area contributed by atoms with Crippen LogP contribution in [0.2, 0.25) is 0 Å². The summed E-state index contributed by atoms with van der Waals surface area (Å²) in [4.78, 5) is 13.3. The third-order valence-electron chi connectivity index (χ3n) is 3.77. The maximum atomic E-state index is 4.64. The van der Waals surface area contributed by atoms with Gasteiger partial charge in [0.05, 0.1) is 5.69 Å². The van der Waals surface area contributed by atoms with Crippen molar-refractivity contribution in [3.63, 3.8) is 0 Å². The van der Waals surface area contributed by atoms with Crippen LogP contribution >= 0.6 is 0 Å². The molecule has 0 unspecified atom stereocenters. The van der Waals surface area contributed by atoms with E-state index in [2.05, 4.69) is 45.3 Å². The Labute approximate surface area is 128 Å². The highest BCUT2D eigenvalue weighted by atomic mass is 15.4. The summed E-state index contributed by atoms with van der Waals surface area (Å²) in [6.45, 7) is 4.27. The monoisotopic (exact) mass is 294 g/mol. The van der Waals surface area contributed by atoms with Crippen LogP contribution in [0.15, 0.2) is 30.6 Å². The van der Waals surface area contributed by atoms with E-state index >= 15 is 0 Å². The van der Waals surface area contributed by atoms with Gasteiger partial charge in [0.2, 0.25) is 0 Å². The molecule has 0 saturated heterocycles. The van der Waals surface area contributed by atoms with Crippen LogP contribution in [-0.4, -0.2) is 30.6 Å². The van der Waals surface area contributed by atoms with Crippen molar-refractivity contribution in [3.8, 4) is 11.4 Å². The van der Waals surface area contributed by atoms with Gasteiger partial charge < -0.3 is 5.32 Å². The van der Waals surface area contributed by atoms with Gasteiger partial charge in [-0.15, -0.1) is 5.10 Å². The minimum absolute atomic E-state index is 0.350. The number of anilines is 1. The second-order valence-corrected chi connectivity index (χ2v) is 6.03. The van der Waals surface area contributed by atoms with E-state index in [4.69, 9.17) is 0 Å². The average molecular weight is 294 g/mol. The molecule has 6 heteroatoms. The summed E-state index contributed by atoms with van der Waals surface area (Å²) in [5.41, 5.74) is 1.93. The van der Waals surface area contributed by atoms with Gasteiger partial charge in [-0.2, -0.15) is 9.50 Å². The lowest BCUT2D eigenvalue weighted by Gasteiger charge is -2.10. The predicted molar refractivity (Wildman–Crippen MR) is 84.7 cm³/mol. The number of fused-ring (bicyclic) bond motifs is 1. The normalized spacial score (nSPS) is 14.7. The Morgan fingerprint density at radius 2 is 2.14 bits per heavy atom. The minimum Gasteiger partial charge on any atom is -0.367 e. The van der Waals surface area contributed by atoms with Crippen LogP contribution in [0.5, 0.6) is 0 Å². The van der Waals surface area contributed by atoms with Crippen LogP contribution < -0.4 is 5.32 Å². The summed E-state index contributed by atoms with van der Waals surface area (Å²) in [6, 6.07) is 6.48. The SMILES string of the molecule is CC(C)c1cc(NC2CC2)n2nc(-c3cccnc3)nc2n1. The number of rotatable bonds is 4. The third kappa shape index (κ3) is 2.41. The van der Waals surface area contributed by atoms with Gasteiger partial charge in [0.15, 0.2) is 5.82 Å². The van der Waals surface area contributed by atoms with Crippen LogP contribution in [0.25, 0.3) is 17.2 Å². The lowest BCUT2D eigenvalue weighted by Crippen LogP contribution is -2.09. The van der Waals surface area contributed by atoms with Crippen molar-refractivity contribution in [2.75, 3.05) is 5.32 Å². The molecule has 1 aliphatic carbocycles. The molecule has 0 amide bonds. The molecule has 3 aromatic heterocycles. The van der Waals surface area contributed by atoms with Gasteiger partial charge >= 0.3 is 0 Å². The van der Waals surface area contributed by atoms with E-state index in [1.807, 2.05) is 12.1 Å². The van der Waals surface area contributed by atoms with Gasteiger partial charge in [-0.3, -0.25) is 4.98 Å². The van der Waals surface area contributed by atoms with Crippen molar-refractivity contribution in [1.82, 2.24) is 24.6 Å². The molecule has 1 fully saturated rings. The Hall–Kier alpha value is -2.50.